The third-order valence-corrected chi connectivity index (χ3v) is 2.18. The maximum atomic E-state index is 10.9. The van der Waals surface area contributed by atoms with Gasteiger partial charge in [0.05, 0.1) is 0 Å². The lowest BCUT2D eigenvalue weighted by atomic mass is 10.5. The first-order valence-electron chi connectivity index (χ1n) is 3.52. The Morgan fingerprint density at radius 3 is 2.91 bits per heavy atom. The normalized spacial score (nSPS) is 10.7. The first-order valence-corrected chi connectivity index (χ1v) is 4.88. The summed E-state index contributed by atoms with van der Waals surface area (Å²) in [5, 5.41) is 0. The Labute approximate surface area is 68.2 Å². The van der Waals surface area contributed by atoms with Crippen LogP contribution in [0.1, 0.15) is 12.8 Å². The summed E-state index contributed by atoms with van der Waals surface area (Å²) in [6.45, 7) is 0.940. The van der Waals surface area contributed by atoms with Crippen molar-refractivity contribution in [1.82, 2.24) is 0 Å². The van der Waals surface area contributed by atoms with E-state index >= 15 is 0 Å². The van der Waals surface area contributed by atoms with Crippen LogP contribution < -0.4 is 5.73 Å². The van der Waals surface area contributed by atoms with Crippen molar-refractivity contribution in [1.29, 1.82) is 0 Å². The van der Waals surface area contributed by atoms with Crippen molar-refractivity contribution in [3.05, 3.63) is 0 Å². The van der Waals surface area contributed by atoms with Crippen molar-refractivity contribution in [3.63, 3.8) is 0 Å². The minimum Gasteiger partial charge on any atom is -0.330 e. The van der Waals surface area contributed by atoms with Gasteiger partial charge in [0.15, 0.2) is 6.16 Å². The van der Waals surface area contributed by atoms with E-state index in [1.54, 1.807) is 0 Å². The Morgan fingerprint density at radius 1 is 1.64 bits per heavy atom. The van der Waals surface area contributed by atoms with Crippen LogP contribution >= 0.6 is 8.03 Å². The Morgan fingerprint density at radius 2 is 2.36 bits per heavy atom. The van der Waals surface area contributed by atoms with E-state index in [-0.39, 0.29) is 0 Å². The van der Waals surface area contributed by atoms with Crippen molar-refractivity contribution >= 4 is 8.03 Å². The minimum atomic E-state index is -1.52. The second-order valence-electron chi connectivity index (χ2n) is 1.99. The zero-order valence-electron chi connectivity index (χ0n) is 6.45. The van der Waals surface area contributed by atoms with Crippen molar-refractivity contribution < 1.29 is 9.09 Å². The van der Waals surface area contributed by atoms with Gasteiger partial charge >= 0.3 is 8.03 Å². The highest BCUT2D eigenvalue weighted by Gasteiger charge is 2.14. The van der Waals surface area contributed by atoms with Gasteiger partial charge in [0.2, 0.25) is 0 Å². The average molecular weight is 174 g/mol. The Hall–Kier alpha value is -0.420. The molecular formula is C7H13NO2P+. The molecule has 0 heterocycles. The molecular weight excluding hydrogens is 161 g/mol. The third-order valence-electron chi connectivity index (χ3n) is 1.03. The molecule has 0 spiro atoms. The lowest BCUT2D eigenvalue weighted by Gasteiger charge is -1.86. The van der Waals surface area contributed by atoms with Gasteiger partial charge in [-0.2, -0.15) is 0 Å². The van der Waals surface area contributed by atoms with E-state index in [1.165, 1.54) is 0 Å². The van der Waals surface area contributed by atoms with Crippen molar-refractivity contribution in [2.75, 3.05) is 19.3 Å². The molecule has 1 atom stereocenters. The molecule has 11 heavy (non-hydrogen) atoms. The molecule has 0 aromatic heterocycles. The van der Waals surface area contributed by atoms with E-state index in [9.17, 15) is 4.57 Å². The van der Waals surface area contributed by atoms with E-state index in [1.807, 2.05) is 0 Å². The predicted molar refractivity (Wildman–Crippen MR) is 45.5 cm³/mol. The molecule has 0 bridgehead atoms. The second-order valence-corrected chi connectivity index (χ2v) is 3.36. The lowest BCUT2D eigenvalue weighted by molar-refractivity contribution is 0.338. The van der Waals surface area contributed by atoms with Crippen LogP contribution in [0.4, 0.5) is 0 Å². The molecule has 0 rings (SSSR count). The quantitative estimate of drug-likeness (QED) is 0.373. The van der Waals surface area contributed by atoms with Crippen LogP contribution in [0.15, 0.2) is 0 Å². The summed E-state index contributed by atoms with van der Waals surface area (Å²) >= 11 is 0. The molecule has 0 saturated carbocycles. The SMILES string of the molecule is C#CCCO[P+](=O)CCCN. The molecule has 0 aliphatic rings. The van der Waals surface area contributed by atoms with Gasteiger partial charge in [0.1, 0.15) is 6.61 Å². The Bertz CT molecular complexity index is 153. The molecule has 0 aromatic rings. The fourth-order valence-electron chi connectivity index (χ4n) is 0.491. The number of nitrogens with two attached hydrogens (primary N) is 1. The summed E-state index contributed by atoms with van der Waals surface area (Å²) in [4.78, 5) is 0. The average Bonchev–Trinajstić information content (AvgIpc) is 2.01. The topological polar surface area (TPSA) is 52.3 Å². The number of hydrogen-bond donors (Lipinski definition) is 1. The van der Waals surface area contributed by atoms with Crippen molar-refractivity contribution in [2.45, 2.75) is 12.8 Å². The van der Waals surface area contributed by atoms with Crippen LogP contribution in [-0.2, 0) is 9.09 Å². The monoisotopic (exact) mass is 174 g/mol. The Balaban J connectivity index is 3.17. The van der Waals surface area contributed by atoms with Gasteiger partial charge < -0.3 is 5.73 Å². The van der Waals surface area contributed by atoms with Crippen LogP contribution in [0.3, 0.4) is 0 Å². The smallest absolute Gasteiger partial charge is 0.330 e. The van der Waals surface area contributed by atoms with E-state index in [2.05, 4.69) is 5.92 Å². The van der Waals surface area contributed by atoms with Crippen molar-refractivity contribution in [2.24, 2.45) is 5.73 Å². The molecule has 4 heteroatoms. The van der Waals surface area contributed by atoms with Gasteiger partial charge in [-0.1, -0.05) is 0 Å². The lowest BCUT2D eigenvalue weighted by Crippen LogP contribution is -2.00. The fraction of sp³-hybridized carbons (Fsp3) is 0.714. The van der Waals surface area contributed by atoms with Gasteiger partial charge in [0, 0.05) is 12.8 Å². The highest BCUT2D eigenvalue weighted by molar-refractivity contribution is 7.39. The third kappa shape index (κ3) is 7.48. The van der Waals surface area contributed by atoms with Gasteiger partial charge in [-0.05, 0) is 11.1 Å². The van der Waals surface area contributed by atoms with E-state index in [0.29, 0.717) is 25.7 Å². The van der Waals surface area contributed by atoms with Crippen molar-refractivity contribution in [3.8, 4) is 12.3 Å². The number of hydrogen-bond acceptors (Lipinski definition) is 3. The van der Waals surface area contributed by atoms with E-state index in [0.717, 1.165) is 6.42 Å². The zero-order chi connectivity index (χ0) is 8.53. The maximum Gasteiger partial charge on any atom is 0.508 e. The second kappa shape index (κ2) is 7.68. The summed E-state index contributed by atoms with van der Waals surface area (Å²) in [5.41, 5.74) is 5.22. The molecule has 0 aromatic carbocycles. The molecule has 0 amide bonds. The molecule has 0 aliphatic heterocycles. The molecule has 1 unspecified atom stereocenters. The van der Waals surface area contributed by atoms with Crippen LogP contribution in [-0.4, -0.2) is 19.3 Å². The highest BCUT2D eigenvalue weighted by Crippen LogP contribution is 2.22. The summed E-state index contributed by atoms with van der Waals surface area (Å²) in [5.74, 6) is 2.40. The summed E-state index contributed by atoms with van der Waals surface area (Å²) in [6, 6.07) is 0. The molecule has 2 N–H and O–H groups in total. The van der Waals surface area contributed by atoms with Gasteiger partial charge in [-0.3, -0.25) is 0 Å². The zero-order valence-corrected chi connectivity index (χ0v) is 7.35. The number of terminal acetylenes is 1. The molecule has 62 valence electrons. The van der Waals surface area contributed by atoms with Crippen LogP contribution in [0.2, 0.25) is 0 Å². The molecule has 3 nitrogen and oxygen atoms in total. The van der Waals surface area contributed by atoms with Gasteiger partial charge in [0.25, 0.3) is 0 Å². The van der Waals surface area contributed by atoms with Crippen LogP contribution in [0, 0.1) is 12.3 Å². The first-order chi connectivity index (χ1) is 5.31. The number of rotatable bonds is 6. The minimum absolute atomic E-state index is 0.385. The van der Waals surface area contributed by atoms with Crippen LogP contribution in [0.5, 0.6) is 0 Å². The summed E-state index contributed by atoms with van der Waals surface area (Å²) in [7, 11) is -1.52. The molecule has 0 aliphatic carbocycles. The first kappa shape index (κ1) is 10.6. The predicted octanol–water partition coefficient (Wildman–Crippen LogP) is 1.12. The fourth-order valence-corrected chi connectivity index (χ4v) is 1.36. The van der Waals surface area contributed by atoms with E-state index < -0.39 is 8.03 Å². The summed E-state index contributed by atoms with van der Waals surface area (Å²) < 4.78 is 15.8. The Kier molecular flexibility index (Phi) is 7.39. The van der Waals surface area contributed by atoms with Gasteiger partial charge in [-0.25, -0.2) is 0 Å². The molecule has 0 saturated heterocycles. The van der Waals surface area contributed by atoms with E-state index in [4.69, 9.17) is 16.7 Å². The highest BCUT2D eigenvalue weighted by atomic mass is 31.1. The standard InChI is InChI=1S/C7H13NO2P/c1-2-3-6-10-11(9)7-4-5-8/h1H,3-8H2/q+1. The summed E-state index contributed by atoms with van der Waals surface area (Å²) in [6.07, 6.45) is 6.77. The molecule has 0 fully saturated rings. The molecule has 0 radical (unpaired) electrons. The van der Waals surface area contributed by atoms with Crippen LogP contribution in [0.25, 0.3) is 0 Å². The largest absolute Gasteiger partial charge is 0.508 e. The maximum absolute atomic E-state index is 10.9. The van der Waals surface area contributed by atoms with Gasteiger partial charge in [-0.15, -0.1) is 16.9 Å².